The zero-order valence-corrected chi connectivity index (χ0v) is 55.0. The molecule has 0 aromatic rings. The SMILES string of the molecule is CO[C@@H]1[C@@H](OS(=O)(=O)O)[C@H](O[C@H]2[C@H](OS(=O)(=O)O)[C@@H](OS(=O)(=O)O)[C@@H](O[C@H]3[C@H](OC(C)=O)[C@@H](OS(=O)(=O)O)[C@H](O[C@H]4[C@H](OS(=O)(=O)O)[C@@H](OS(=O)(=O)O)[C@@H](O)O[C@@H]4CO)O[C@H]3C(=O)O)O[C@@H]2COS(=O)(=O)O)O[C@H](C(=O)O)[C@H]1O[C@H]1O[C@H](COS(=O)(=O)O)[C@@H](OC)[C@H](OC)[C@H]1OC. The monoisotopic (exact) mass is 1590 g/mol. The summed E-state index contributed by atoms with van der Waals surface area (Å²) in [5.74, 6) is -6.68. The van der Waals surface area contributed by atoms with Gasteiger partial charge in [-0.25, -0.2) is 43.1 Å². The minimum absolute atomic E-state index is 0.370. The van der Waals surface area contributed by atoms with Crippen molar-refractivity contribution in [3.05, 3.63) is 0 Å². The van der Waals surface area contributed by atoms with Gasteiger partial charge in [-0.15, -0.1) is 0 Å². The number of esters is 1. The third kappa shape index (κ3) is 24.5. The summed E-state index contributed by atoms with van der Waals surface area (Å²) >= 11 is 0. The molecule has 53 nitrogen and oxygen atoms in total. The Labute approximate surface area is 545 Å². The van der Waals surface area contributed by atoms with Crippen molar-refractivity contribution in [3.63, 3.8) is 0 Å². The van der Waals surface area contributed by atoms with Crippen molar-refractivity contribution >= 4 is 101 Å². The smallest absolute Gasteiger partial charge is 0.397 e. The largest absolute Gasteiger partial charge is 0.479 e. The van der Waals surface area contributed by atoms with Crippen molar-refractivity contribution in [1.29, 1.82) is 0 Å². The number of ether oxygens (including phenoxy) is 14. The van der Waals surface area contributed by atoms with E-state index in [1.807, 2.05) is 0 Å². The number of carboxylic acid groups (broad SMARTS) is 2. The van der Waals surface area contributed by atoms with Gasteiger partial charge in [0.15, 0.2) is 74.2 Å². The number of aliphatic carboxylic acids is 2. The fourth-order valence-electron chi connectivity index (χ4n) is 9.94. The zero-order chi connectivity index (χ0) is 73.8. The van der Waals surface area contributed by atoms with Gasteiger partial charge in [-0.2, -0.15) is 67.3 Å². The maximum absolute atomic E-state index is 13.3. The minimum Gasteiger partial charge on any atom is -0.479 e. The minimum atomic E-state index is -6.48. The van der Waals surface area contributed by atoms with Gasteiger partial charge in [0.1, 0.15) is 79.4 Å². The van der Waals surface area contributed by atoms with Crippen LogP contribution in [-0.2, 0) is 197 Å². The van der Waals surface area contributed by atoms with Gasteiger partial charge in [-0.3, -0.25) is 41.2 Å². The Balaban J connectivity index is 1.73. The zero-order valence-electron chi connectivity index (χ0n) is 48.4. The molecule has 0 amide bonds. The standard InChI is InChI=1S/C36H58O53S8/c1-9(38)74-20-19(24(31(41)42)83-36(28(20)88-96(62,63)64)78-14-10(6-37)75-32(43)25(86-94(56,57)58)21(14)84-92(50,51)52)81-34-29(89-97(65,66)67)22(85-93(53,54)55)15(12(77-34)8-73-91(47,48)49)79-35-27(87-95(59,60)61)17(70-4)18(23(82-35)30(39)40)80-33-26(71-5)16(69-3)13(68-2)11(76-33)7-72-90(44,45)46/h10-29,32-37,43H,6-8H2,1-5H3,(H,39,40)(H,41,42)(H,44,45,46)(H,47,48,49)(H,50,51,52)(H,53,54,55)(H,56,57,58)(H,59,60,61)(H,62,63,64)(H,65,66,67)/t10-,11-,12-,13-,14-,15-,16+,17+,18+,19+,20+,21+,22+,23+,24-,25-,26-,27-,28-,29-,32+,33-,34-,35-,36-/m1/s1. The average molecular weight is 1600 g/mol. The summed E-state index contributed by atoms with van der Waals surface area (Å²) in [5, 5.41) is 42.0. The molecule has 5 rings (SSSR count). The third-order valence-electron chi connectivity index (χ3n) is 13.2. The van der Waals surface area contributed by atoms with E-state index >= 15 is 0 Å². The molecule has 12 N–H and O–H groups in total. The number of hydrogen-bond donors (Lipinski definition) is 12. The molecular weight excluding hydrogens is 1540 g/mol. The molecule has 0 spiro atoms. The molecule has 25 atom stereocenters. The summed E-state index contributed by atoms with van der Waals surface area (Å²) in [7, 11) is -45.1. The van der Waals surface area contributed by atoms with Gasteiger partial charge < -0.3 is 86.7 Å². The van der Waals surface area contributed by atoms with Crippen LogP contribution in [-0.4, -0.2) is 344 Å². The first-order valence-electron chi connectivity index (χ1n) is 25.3. The van der Waals surface area contributed by atoms with E-state index in [1.54, 1.807) is 0 Å². The molecular formula is C36H58O53S8. The predicted molar refractivity (Wildman–Crippen MR) is 280 cm³/mol. The highest BCUT2D eigenvalue weighted by Crippen LogP contribution is 2.42. The Hall–Kier alpha value is -3.23. The lowest BCUT2D eigenvalue weighted by molar-refractivity contribution is -0.383. The van der Waals surface area contributed by atoms with E-state index in [0.29, 0.717) is 14.0 Å². The molecule has 5 heterocycles. The Kier molecular flexibility index (Phi) is 28.8. The highest BCUT2D eigenvalue weighted by molar-refractivity contribution is 7.82. The third-order valence-corrected chi connectivity index (χ3v) is 16.8. The average Bonchev–Trinajstić information content (AvgIpc) is 0.758. The van der Waals surface area contributed by atoms with Gasteiger partial charge in [0, 0.05) is 35.4 Å². The topological polar surface area (TPSA) is 770 Å². The second-order valence-corrected chi connectivity index (χ2v) is 28.0. The van der Waals surface area contributed by atoms with Crippen molar-refractivity contribution < 1.29 is 238 Å². The first kappa shape index (κ1) is 84.4. The highest BCUT2D eigenvalue weighted by atomic mass is 32.3. The van der Waals surface area contributed by atoms with Gasteiger partial charge >= 0.3 is 101 Å². The van der Waals surface area contributed by atoms with Crippen LogP contribution in [0.2, 0.25) is 0 Å². The fraction of sp³-hybridized carbons (Fsp3) is 0.917. The molecule has 0 bridgehead atoms. The Morgan fingerprint density at radius 1 is 0.340 bits per heavy atom. The van der Waals surface area contributed by atoms with E-state index in [1.165, 1.54) is 0 Å². The Morgan fingerprint density at radius 2 is 0.629 bits per heavy atom. The van der Waals surface area contributed by atoms with E-state index in [0.717, 1.165) is 21.3 Å². The van der Waals surface area contributed by atoms with Crippen molar-refractivity contribution in [3.8, 4) is 0 Å². The summed E-state index contributed by atoms with van der Waals surface area (Å²) in [6, 6.07) is 0. The quantitative estimate of drug-likeness (QED) is 0.0210. The molecule has 97 heavy (non-hydrogen) atoms. The summed E-state index contributed by atoms with van der Waals surface area (Å²) in [6.07, 6.45) is -70.3. The molecule has 5 aliphatic rings. The maximum Gasteiger partial charge on any atom is 0.397 e. The molecule has 0 aliphatic carbocycles. The number of methoxy groups -OCH3 is 4. The highest BCUT2D eigenvalue weighted by Gasteiger charge is 2.64. The molecule has 5 saturated heterocycles. The summed E-state index contributed by atoms with van der Waals surface area (Å²) in [6.45, 7) is -4.49. The molecule has 0 aromatic carbocycles. The molecule has 5 fully saturated rings. The van der Waals surface area contributed by atoms with Gasteiger partial charge in [0.25, 0.3) is 0 Å². The van der Waals surface area contributed by atoms with Crippen LogP contribution >= 0.6 is 0 Å². The first-order chi connectivity index (χ1) is 44.2. The number of carbonyl (C=O) groups is 3. The van der Waals surface area contributed by atoms with Crippen LogP contribution in [0.5, 0.6) is 0 Å². The summed E-state index contributed by atoms with van der Waals surface area (Å²) < 4.78 is 387. The van der Waals surface area contributed by atoms with E-state index < -0.39 is 274 Å². The number of carbonyl (C=O) groups excluding carboxylic acids is 1. The fourth-order valence-corrected chi connectivity index (χ4v) is 13.5. The van der Waals surface area contributed by atoms with Gasteiger partial charge in [0.05, 0.1) is 19.8 Å². The number of aliphatic hydroxyl groups is 2. The summed E-state index contributed by atoms with van der Waals surface area (Å²) in [5.41, 5.74) is 0. The van der Waals surface area contributed by atoms with Crippen LogP contribution in [0.15, 0.2) is 0 Å². The molecule has 0 aromatic heterocycles. The lowest BCUT2D eigenvalue weighted by Gasteiger charge is -2.50. The van der Waals surface area contributed by atoms with Crippen molar-refractivity contribution in [2.45, 2.75) is 160 Å². The molecule has 5 aliphatic heterocycles. The van der Waals surface area contributed by atoms with Crippen molar-refractivity contribution in [1.82, 2.24) is 0 Å². The number of rotatable bonds is 34. The summed E-state index contributed by atoms with van der Waals surface area (Å²) in [4.78, 5) is 39.5. The predicted octanol–water partition coefficient (Wildman–Crippen LogP) is -9.94. The van der Waals surface area contributed by atoms with E-state index in [4.69, 9.17) is 70.5 Å². The van der Waals surface area contributed by atoms with Crippen LogP contribution in [0.1, 0.15) is 6.92 Å². The van der Waals surface area contributed by atoms with E-state index in [-0.39, 0.29) is 0 Å². The van der Waals surface area contributed by atoms with Crippen LogP contribution in [0.25, 0.3) is 0 Å². The molecule has 0 saturated carbocycles. The molecule has 568 valence electrons. The Bertz CT molecular complexity index is 3660. The van der Waals surface area contributed by atoms with E-state index in [9.17, 15) is 139 Å². The van der Waals surface area contributed by atoms with Crippen LogP contribution in [0.3, 0.4) is 0 Å². The molecule has 61 heteroatoms. The molecule has 0 unspecified atom stereocenters. The normalized spacial score (nSPS) is 36.9. The maximum atomic E-state index is 13.3. The second kappa shape index (κ2) is 33.0. The number of aliphatic hydroxyl groups excluding tert-OH is 2. The van der Waals surface area contributed by atoms with Crippen LogP contribution < -0.4 is 0 Å². The van der Waals surface area contributed by atoms with Crippen LogP contribution in [0.4, 0.5) is 0 Å². The van der Waals surface area contributed by atoms with Gasteiger partial charge in [0.2, 0.25) is 0 Å². The number of hydrogen-bond acceptors (Lipinski definition) is 43. The second-order valence-electron chi connectivity index (χ2n) is 19.5. The van der Waals surface area contributed by atoms with E-state index in [2.05, 4.69) is 29.3 Å². The Morgan fingerprint density at radius 3 is 0.979 bits per heavy atom. The van der Waals surface area contributed by atoms with Crippen molar-refractivity contribution in [2.75, 3.05) is 48.3 Å². The lowest BCUT2D eigenvalue weighted by Crippen LogP contribution is -2.70. The first-order valence-corrected chi connectivity index (χ1v) is 36.2. The van der Waals surface area contributed by atoms with Crippen molar-refractivity contribution in [2.24, 2.45) is 0 Å². The molecule has 0 radical (unpaired) electrons. The number of carboxylic acids is 2. The van der Waals surface area contributed by atoms with Crippen LogP contribution in [0, 0.1) is 0 Å². The van der Waals surface area contributed by atoms with Gasteiger partial charge in [-0.05, 0) is 0 Å². The van der Waals surface area contributed by atoms with Gasteiger partial charge in [-0.1, -0.05) is 0 Å². The lowest BCUT2D eigenvalue weighted by atomic mass is 9.95.